The summed E-state index contributed by atoms with van der Waals surface area (Å²) in [6, 6.07) is 3.67. The predicted molar refractivity (Wildman–Crippen MR) is 102 cm³/mol. The zero-order chi connectivity index (χ0) is 17.6. The molecular weight excluding hydrogens is 330 g/mol. The fourth-order valence-electron chi connectivity index (χ4n) is 3.39. The van der Waals surface area contributed by atoms with Gasteiger partial charge < -0.3 is 14.2 Å². The van der Waals surface area contributed by atoms with Gasteiger partial charge in [0.25, 0.3) is 0 Å². The Balaban J connectivity index is 1.56. The van der Waals surface area contributed by atoms with Gasteiger partial charge in [0.15, 0.2) is 0 Å². The Morgan fingerprint density at radius 3 is 2.04 bits per heavy atom. The molecule has 2 aromatic heterocycles. The largest absolute Gasteiger partial charge is 0.463 e. The molecule has 0 bridgehead atoms. The lowest BCUT2D eigenvalue weighted by Gasteiger charge is -2.30. The summed E-state index contributed by atoms with van der Waals surface area (Å²) in [5.74, 6) is 2.65. The monoisotopic (exact) mass is 355 g/mol. The molecule has 8 nitrogen and oxygen atoms in total. The van der Waals surface area contributed by atoms with Crippen LogP contribution in [0.5, 0.6) is 0 Å². The van der Waals surface area contributed by atoms with Crippen molar-refractivity contribution >= 4 is 24.1 Å². The highest BCUT2D eigenvalue weighted by atomic mass is 16.3. The molecule has 4 heterocycles. The Morgan fingerprint density at radius 1 is 0.885 bits per heavy atom. The number of hydrogen-bond donors (Lipinski definition) is 1. The number of anilines is 3. The summed E-state index contributed by atoms with van der Waals surface area (Å²) in [5.41, 5.74) is 2.94. The minimum absolute atomic E-state index is 0.476. The quantitative estimate of drug-likeness (QED) is 0.652. The average molecular weight is 355 g/mol. The molecule has 2 saturated heterocycles. The molecule has 2 aliphatic heterocycles. The van der Waals surface area contributed by atoms with E-state index in [0.717, 1.165) is 38.1 Å². The lowest BCUT2D eigenvalue weighted by molar-refractivity contribution is 0.556. The van der Waals surface area contributed by atoms with Crippen molar-refractivity contribution in [2.45, 2.75) is 38.5 Å². The number of nitrogens with zero attached hydrogens (tertiary/aromatic N) is 6. The highest BCUT2D eigenvalue weighted by molar-refractivity contribution is 5.76. The summed E-state index contributed by atoms with van der Waals surface area (Å²) < 4.78 is 5.25. The van der Waals surface area contributed by atoms with Crippen LogP contribution < -0.4 is 15.2 Å². The van der Waals surface area contributed by atoms with Gasteiger partial charge in [0.2, 0.25) is 17.8 Å². The van der Waals surface area contributed by atoms with E-state index in [4.69, 9.17) is 9.40 Å². The summed E-state index contributed by atoms with van der Waals surface area (Å²) >= 11 is 0. The number of piperidine rings is 2. The molecule has 2 aliphatic rings. The second-order valence-corrected chi connectivity index (χ2v) is 6.74. The van der Waals surface area contributed by atoms with Gasteiger partial charge in [-0.3, -0.25) is 0 Å². The standard InChI is InChI=1S/C18H25N7O/c1-3-9-24(10-4-1)17-20-16(23-19-14-15-8-7-13-26-15)21-18(22-17)25-11-5-2-6-12-25/h7-8,13-14H,1-6,9-12H2,(H,20,21,22,23)/b19-14+. The third-order valence-corrected chi connectivity index (χ3v) is 4.79. The van der Waals surface area contributed by atoms with Crippen LogP contribution in [0, 0.1) is 0 Å². The smallest absolute Gasteiger partial charge is 0.250 e. The maximum absolute atomic E-state index is 5.25. The number of hydrogen-bond acceptors (Lipinski definition) is 8. The van der Waals surface area contributed by atoms with E-state index in [-0.39, 0.29) is 0 Å². The Labute approximate surface area is 153 Å². The molecule has 0 aromatic carbocycles. The van der Waals surface area contributed by atoms with Gasteiger partial charge in [-0.05, 0) is 50.7 Å². The zero-order valence-electron chi connectivity index (χ0n) is 15.0. The van der Waals surface area contributed by atoms with Crippen molar-refractivity contribution in [2.24, 2.45) is 5.10 Å². The van der Waals surface area contributed by atoms with Crippen molar-refractivity contribution in [3.05, 3.63) is 24.2 Å². The second-order valence-electron chi connectivity index (χ2n) is 6.74. The Bertz CT molecular complexity index is 683. The SMILES string of the molecule is C(=N\Nc1nc(N2CCCCC2)nc(N2CCCCC2)n1)/c1ccco1. The summed E-state index contributed by atoms with van der Waals surface area (Å²) in [5, 5.41) is 4.20. The van der Waals surface area contributed by atoms with Crippen LogP contribution in [0.4, 0.5) is 17.8 Å². The molecule has 1 N–H and O–H groups in total. The van der Waals surface area contributed by atoms with Crippen LogP contribution in [0.15, 0.2) is 27.9 Å². The Hall–Kier alpha value is -2.64. The van der Waals surface area contributed by atoms with Gasteiger partial charge in [0.05, 0.1) is 12.5 Å². The second kappa shape index (κ2) is 8.16. The molecule has 138 valence electrons. The van der Waals surface area contributed by atoms with Crippen LogP contribution in [-0.4, -0.2) is 47.3 Å². The number of hydrazone groups is 1. The Kier molecular flexibility index (Phi) is 5.27. The van der Waals surface area contributed by atoms with Crippen molar-refractivity contribution in [3.63, 3.8) is 0 Å². The lowest BCUT2D eigenvalue weighted by Crippen LogP contribution is -2.34. The molecule has 0 radical (unpaired) electrons. The van der Waals surface area contributed by atoms with Crippen molar-refractivity contribution in [1.29, 1.82) is 0 Å². The number of furan rings is 1. The third kappa shape index (κ3) is 4.12. The van der Waals surface area contributed by atoms with Crippen LogP contribution in [0.3, 0.4) is 0 Å². The molecule has 0 spiro atoms. The van der Waals surface area contributed by atoms with Gasteiger partial charge in [-0.25, -0.2) is 5.43 Å². The number of rotatable bonds is 5. The van der Waals surface area contributed by atoms with Gasteiger partial charge in [-0.1, -0.05) is 0 Å². The molecule has 26 heavy (non-hydrogen) atoms. The van der Waals surface area contributed by atoms with E-state index in [1.54, 1.807) is 12.5 Å². The van der Waals surface area contributed by atoms with Gasteiger partial charge in [0, 0.05) is 26.2 Å². The topological polar surface area (TPSA) is 82.7 Å². The zero-order valence-corrected chi connectivity index (χ0v) is 15.0. The van der Waals surface area contributed by atoms with Gasteiger partial charge in [0.1, 0.15) is 5.76 Å². The van der Waals surface area contributed by atoms with E-state index in [2.05, 4.69) is 30.3 Å². The molecule has 0 atom stereocenters. The van der Waals surface area contributed by atoms with Crippen LogP contribution in [0.1, 0.15) is 44.3 Å². The molecule has 0 unspecified atom stereocenters. The molecule has 0 aliphatic carbocycles. The first-order valence-electron chi connectivity index (χ1n) is 9.47. The minimum atomic E-state index is 0.476. The first-order valence-corrected chi connectivity index (χ1v) is 9.47. The van der Waals surface area contributed by atoms with E-state index in [9.17, 15) is 0 Å². The van der Waals surface area contributed by atoms with Gasteiger partial charge in [-0.2, -0.15) is 20.1 Å². The van der Waals surface area contributed by atoms with Crippen LogP contribution in [0.2, 0.25) is 0 Å². The van der Waals surface area contributed by atoms with E-state index in [1.165, 1.54) is 38.5 Å². The first-order chi connectivity index (χ1) is 12.9. The lowest BCUT2D eigenvalue weighted by atomic mass is 10.1. The van der Waals surface area contributed by atoms with Crippen molar-refractivity contribution in [1.82, 2.24) is 15.0 Å². The van der Waals surface area contributed by atoms with Crippen molar-refractivity contribution in [2.75, 3.05) is 41.4 Å². The maximum Gasteiger partial charge on any atom is 0.250 e. The van der Waals surface area contributed by atoms with E-state index in [0.29, 0.717) is 11.7 Å². The predicted octanol–water partition coefficient (Wildman–Crippen LogP) is 2.89. The van der Waals surface area contributed by atoms with Gasteiger partial charge in [-0.15, -0.1) is 0 Å². The van der Waals surface area contributed by atoms with Crippen molar-refractivity contribution < 1.29 is 4.42 Å². The summed E-state index contributed by atoms with van der Waals surface area (Å²) in [6.45, 7) is 3.99. The molecule has 4 rings (SSSR count). The van der Waals surface area contributed by atoms with Crippen LogP contribution in [0.25, 0.3) is 0 Å². The van der Waals surface area contributed by atoms with E-state index >= 15 is 0 Å². The summed E-state index contributed by atoms with van der Waals surface area (Å²) in [7, 11) is 0. The number of aromatic nitrogens is 3. The van der Waals surface area contributed by atoms with Crippen LogP contribution in [-0.2, 0) is 0 Å². The normalized spacial score (nSPS) is 18.5. The summed E-state index contributed by atoms with van der Waals surface area (Å²) in [4.78, 5) is 18.4. The number of nitrogens with one attached hydrogen (secondary N) is 1. The highest BCUT2D eigenvalue weighted by Gasteiger charge is 2.20. The Morgan fingerprint density at radius 2 is 1.50 bits per heavy atom. The minimum Gasteiger partial charge on any atom is -0.463 e. The van der Waals surface area contributed by atoms with Crippen LogP contribution >= 0.6 is 0 Å². The van der Waals surface area contributed by atoms with Gasteiger partial charge >= 0.3 is 0 Å². The summed E-state index contributed by atoms with van der Waals surface area (Å²) in [6.07, 6.45) is 10.5. The maximum atomic E-state index is 5.25. The molecule has 0 saturated carbocycles. The molecule has 2 aromatic rings. The first kappa shape index (κ1) is 16.8. The molecule has 2 fully saturated rings. The molecule has 0 amide bonds. The average Bonchev–Trinajstić information content (AvgIpc) is 3.23. The molecular formula is C18H25N7O. The third-order valence-electron chi connectivity index (χ3n) is 4.79. The highest BCUT2D eigenvalue weighted by Crippen LogP contribution is 2.22. The fraction of sp³-hybridized carbons (Fsp3) is 0.556. The van der Waals surface area contributed by atoms with E-state index < -0.39 is 0 Å². The fourth-order valence-corrected chi connectivity index (χ4v) is 3.39. The molecule has 8 heteroatoms. The van der Waals surface area contributed by atoms with E-state index in [1.807, 2.05) is 12.1 Å². The van der Waals surface area contributed by atoms with Crippen molar-refractivity contribution in [3.8, 4) is 0 Å².